The Morgan fingerprint density at radius 3 is 2.57 bits per heavy atom. The number of benzene rings is 3. The van der Waals surface area contributed by atoms with Crippen molar-refractivity contribution in [3.8, 4) is 22.8 Å². The first-order valence-electron chi connectivity index (χ1n) is 13.6. The Balaban J connectivity index is 1.22. The van der Waals surface area contributed by atoms with Crippen LogP contribution in [0.1, 0.15) is 28.0 Å². The van der Waals surface area contributed by atoms with E-state index in [0.717, 1.165) is 34.3 Å². The second-order valence-corrected chi connectivity index (χ2v) is 10.9. The number of aryl methyl sites for hydroxylation is 2. The minimum Gasteiger partial charge on any atom is -0.490 e. The van der Waals surface area contributed by atoms with Crippen molar-refractivity contribution in [3.05, 3.63) is 95.7 Å². The summed E-state index contributed by atoms with van der Waals surface area (Å²) in [5.41, 5.74) is 4.31. The summed E-state index contributed by atoms with van der Waals surface area (Å²) in [6, 6.07) is 24.4. The zero-order valence-corrected chi connectivity index (χ0v) is 23.7. The summed E-state index contributed by atoms with van der Waals surface area (Å²) >= 11 is 1.43. The fourth-order valence-electron chi connectivity index (χ4n) is 4.99. The molecule has 0 unspecified atom stereocenters. The Labute approximate surface area is 246 Å². The lowest BCUT2D eigenvalue weighted by Gasteiger charge is -2.29. The monoisotopic (exact) mass is 580 g/mol. The van der Waals surface area contributed by atoms with Gasteiger partial charge in [-0.25, -0.2) is 19.6 Å². The van der Waals surface area contributed by atoms with Gasteiger partial charge in [-0.2, -0.15) is 0 Å². The topological polar surface area (TPSA) is 114 Å². The number of rotatable bonds is 8. The molecule has 6 rings (SSSR count). The minimum absolute atomic E-state index is 0.161. The van der Waals surface area contributed by atoms with E-state index in [1.54, 1.807) is 17.9 Å². The Morgan fingerprint density at radius 2 is 1.76 bits per heavy atom. The van der Waals surface area contributed by atoms with Crippen molar-refractivity contribution in [2.75, 3.05) is 30.0 Å². The number of amides is 2. The van der Waals surface area contributed by atoms with Crippen molar-refractivity contribution < 1.29 is 24.2 Å². The largest absolute Gasteiger partial charge is 0.490 e. The Morgan fingerprint density at radius 1 is 0.976 bits per heavy atom. The molecule has 2 amide bonds. The predicted octanol–water partition coefficient (Wildman–Crippen LogP) is 6.81. The van der Waals surface area contributed by atoms with Crippen LogP contribution in [0.5, 0.6) is 11.5 Å². The Kier molecular flexibility index (Phi) is 7.70. The molecule has 1 aliphatic heterocycles. The van der Waals surface area contributed by atoms with Gasteiger partial charge in [0.15, 0.2) is 16.6 Å². The summed E-state index contributed by atoms with van der Waals surface area (Å²) in [5, 5.41) is 13.4. The number of carboxylic acid groups (broad SMARTS) is 1. The smallest absolute Gasteiger partial charge is 0.358 e. The summed E-state index contributed by atoms with van der Waals surface area (Å²) in [4.78, 5) is 36.3. The van der Waals surface area contributed by atoms with Crippen LogP contribution in [0, 0.1) is 6.92 Å². The number of carbonyl (C=O) groups excluding carboxylic acids is 1. The molecule has 10 heteroatoms. The average molecular weight is 581 g/mol. The van der Waals surface area contributed by atoms with Crippen LogP contribution in [0.3, 0.4) is 0 Å². The summed E-state index contributed by atoms with van der Waals surface area (Å²) in [6.07, 6.45) is 1.67. The van der Waals surface area contributed by atoms with Crippen LogP contribution in [0.25, 0.3) is 21.5 Å². The minimum atomic E-state index is -1.19. The lowest BCUT2D eigenvalue weighted by Crippen LogP contribution is -2.38. The van der Waals surface area contributed by atoms with E-state index in [1.807, 2.05) is 72.8 Å². The number of nitrogens with one attached hydrogen (secondary N) is 1. The van der Waals surface area contributed by atoms with Crippen LogP contribution < -0.4 is 19.7 Å². The molecule has 0 bridgehead atoms. The Hall–Kier alpha value is -4.96. The van der Waals surface area contributed by atoms with Crippen LogP contribution >= 0.6 is 11.3 Å². The van der Waals surface area contributed by atoms with Gasteiger partial charge in [0.2, 0.25) is 0 Å². The third kappa shape index (κ3) is 5.75. The van der Waals surface area contributed by atoms with Crippen LogP contribution in [-0.2, 0) is 6.42 Å². The molecular weight excluding hydrogens is 552 g/mol. The van der Waals surface area contributed by atoms with Gasteiger partial charge in [0.25, 0.3) is 0 Å². The molecule has 9 nitrogen and oxygen atoms in total. The molecule has 0 aliphatic carbocycles. The van der Waals surface area contributed by atoms with Gasteiger partial charge >= 0.3 is 12.0 Å². The quantitative estimate of drug-likeness (QED) is 0.194. The van der Waals surface area contributed by atoms with Gasteiger partial charge in [-0.05, 0) is 67.3 Å². The number of hydrogen-bond donors (Lipinski definition) is 2. The summed E-state index contributed by atoms with van der Waals surface area (Å²) in [5.74, 6) is -0.272. The number of carboxylic acids is 1. The second kappa shape index (κ2) is 11.9. The molecule has 0 fully saturated rings. The molecule has 5 aromatic rings. The molecule has 0 radical (unpaired) electrons. The molecule has 0 saturated carbocycles. The number of thiazole rings is 1. The van der Waals surface area contributed by atoms with Gasteiger partial charge in [0.1, 0.15) is 19.0 Å². The lowest BCUT2D eigenvalue weighted by atomic mass is 9.98. The van der Waals surface area contributed by atoms with E-state index in [0.29, 0.717) is 34.2 Å². The number of carbonyl (C=O) groups is 2. The van der Waals surface area contributed by atoms with E-state index in [-0.39, 0.29) is 30.7 Å². The summed E-state index contributed by atoms with van der Waals surface area (Å²) < 4.78 is 12.5. The van der Waals surface area contributed by atoms with Crippen LogP contribution in [0.2, 0.25) is 0 Å². The maximum Gasteiger partial charge on any atom is 0.358 e. The van der Waals surface area contributed by atoms with Gasteiger partial charge in [-0.15, -0.1) is 0 Å². The first kappa shape index (κ1) is 27.2. The molecule has 0 saturated heterocycles. The molecule has 3 heterocycles. The third-order valence-electron chi connectivity index (χ3n) is 6.96. The molecule has 2 N–H and O–H groups in total. The molecule has 0 atom stereocenters. The van der Waals surface area contributed by atoms with Crippen molar-refractivity contribution in [1.29, 1.82) is 0 Å². The fraction of sp³-hybridized carbons (Fsp3) is 0.188. The van der Waals surface area contributed by atoms with Crippen molar-refractivity contribution in [1.82, 2.24) is 9.97 Å². The van der Waals surface area contributed by atoms with E-state index in [2.05, 4.69) is 15.3 Å². The first-order chi connectivity index (χ1) is 20.5. The zero-order valence-electron chi connectivity index (χ0n) is 22.9. The van der Waals surface area contributed by atoms with Crippen molar-refractivity contribution in [2.45, 2.75) is 19.8 Å². The number of ether oxygens (including phenoxy) is 2. The molecule has 0 spiro atoms. The highest BCUT2D eigenvalue weighted by atomic mass is 32.1. The van der Waals surface area contributed by atoms with Crippen molar-refractivity contribution >= 4 is 44.4 Å². The highest BCUT2D eigenvalue weighted by Crippen LogP contribution is 2.35. The third-order valence-corrected chi connectivity index (χ3v) is 7.91. The summed E-state index contributed by atoms with van der Waals surface area (Å²) in [6.45, 7) is 2.76. The number of para-hydroxylation sites is 2. The SMILES string of the molecule is Cc1cc(-c2ccc3c(c2)N(C(=O)Nc2nc4ccccc4s2)CCC3)nc(C(=O)O)c1OCCOc1ccccc1. The number of anilines is 2. The number of fused-ring (bicyclic) bond motifs is 2. The number of aromatic nitrogens is 2. The highest BCUT2D eigenvalue weighted by molar-refractivity contribution is 7.22. The fourth-order valence-corrected chi connectivity index (χ4v) is 5.84. The van der Waals surface area contributed by atoms with Gasteiger partial charge in [-0.1, -0.05) is 53.8 Å². The maximum absolute atomic E-state index is 13.4. The number of aromatic carboxylic acids is 1. The van der Waals surface area contributed by atoms with Gasteiger partial charge in [0.05, 0.1) is 15.9 Å². The lowest BCUT2D eigenvalue weighted by molar-refractivity contribution is 0.0684. The number of hydrogen-bond acceptors (Lipinski definition) is 7. The van der Waals surface area contributed by atoms with E-state index >= 15 is 0 Å². The summed E-state index contributed by atoms with van der Waals surface area (Å²) in [7, 11) is 0. The van der Waals surface area contributed by atoms with Crippen LogP contribution in [0.15, 0.2) is 78.9 Å². The number of urea groups is 1. The van der Waals surface area contributed by atoms with E-state index in [4.69, 9.17) is 9.47 Å². The van der Waals surface area contributed by atoms with Gasteiger partial charge in [-0.3, -0.25) is 10.2 Å². The van der Waals surface area contributed by atoms with Gasteiger partial charge in [0, 0.05) is 17.8 Å². The standard InChI is InChI=1S/C32H28N4O5S/c1-20-18-25(33-28(30(37)38)29(20)41-17-16-40-23-9-3-2-4-10-23)22-14-13-21-8-7-15-36(26(21)19-22)32(39)35-31-34-24-11-5-6-12-27(24)42-31/h2-6,9-14,18-19H,7-8,15-17H2,1H3,(H,37,38)(H,34,35,39). The molecule has 3 aromatic carbocycles. The second-order valence-electron chi connectivity index (χ2n) is 9.83. The van der Waals surface area contributed by atoms with E-state index in [9.17, 15) is 14.7 Å². The van der Waals surface area contributed by atoms with E-state index < -0.39 is 5.97 Å². The molecule has 1 aliphatic rings. The van der Waals surface area contributed by atoms with Crippen molar-refractivity contribution in [3.63, 3.8) is 0 Å². The maximum atomic E-state index is 13.4. The van der Waals surface area contributed by atoms with Crippen LogP contribution in [0.4, 0.5) is 15.6 Å². The van der Waals surface area contributed by atoms with Crippen molar-refractivity contribution in [2.24, 2.45) is 0 Å². The molecule has 42 heavy (non-hydrogen) atoms. The highest BCUT2D eigenvalue weighted by Gasteiger charge is 2.25. The number of pyridine rings is 1. The zero-order chi connectivity index (χ0) is 29.1. The average Bonchev–Trinajstić information content (AvgIpc) is 3.41. The van der Waals surface area contributed by atoms with Crippen LogP contribution in [-0.4, -0.2) is 46.8 Å². The molecule has 212 valence electrons. The Bertz CT molecular complexity index is 1740. The van der Waals surface area contributed by atoms with Gasteiger partial charge < -0.3 is 14.6 Å². The molecule has 2 aromatic heterocycles. The first-order valence-corrected chi connectivity index (χ1v) is 14.4. The number of nitrogens with zero attached hydrogens (tertiary/aromatic N) is 3. The predicted molar refractivity (Wildman–Crippen MR) is 163 cm³/mol. The van der Waals surface area contributed by atoms with E-state index in [1.165, 1.54) is 11.3 Å². The molecular formula is C32H28N4O5S. The normalized spacial score (nSPS) is 12.5.